The van der Waals surface area contributed by atoms with Crippen LogP contribution in [0.4, 0.5) is 5.00 Å². The maximum Gasteiger partial charge on any atom is 0.341 e. The van der Waals surface area contributed by atoms with Crippen molar-refractivity contribution in [1.29, 1.82) is 0 Å². The van der Waals surface area contributed by atoms with Crippen LogP contribution in [0.3, 0.4) is 0 Å². The van der Waals surface area contributed by atoms with Crippen LogP contribution in [0.5, 0.6) is 0 Å². The van der Waals surface area contributed by atoms with Crippen molar-refractivity contribution in [1.82, 2.24) is 4.90 Å². The molecule has 3 rings (SSSR count). The molecule has 1 N–H and O–H groups in total. The highest BCUT2D eigenvalue weighted by Crippen LogP contribution is 2.37. The first kappa shape index (κ1) is 20.5. The highest BCUT2D eigenvalue weighted by atomic mass is 32.1. The number of nitrogens with one attached hydrogen (secondary N) is 1. The molecule has 0 atom stereocenters. The van der Waals surface area contributed by atoms with Gasteiger partial charge in [-0.3, -0.25) is 9.69 Å². The summed E-state index contributed by atoms with van der Waals surface area (Å²) in [6.45, 7) is 9.17. The van der Waals surface area contributed by atoms with Crippen LogP contribution in [-0.2, 0) is 14.3 Å². The Labute approximate surface area is 169 Å². The summed E-state index contributed by atoms with van der Waals surface area (Å²) >= 11 is 1.35. The smallest absolute Gasteiger partial charge is 0.341 e. The van der Waals surface area contributed by atoms with E-state index >= 15 is 0 Å². The van der Waals surface area contributed by atoms with Crippen molar-refractivity contribution >= 4 is 28.2 Å². The molecule has 1 amide bonds. The van der Waals surface area contributed by atoms with Crippen molar-refractivity contribution in [3.63, 3.8) is 0 Å². The van der Waals surface area contributed by atoms with Gasteiger partial charge in [0.25, 0.3) is 0 Å². The summed E-state index contributed by atoms with van der Waals surface area (Å²) in [5.41, 5.74) is 4.49. The summed E-state index contributed by atoms with van der Waals surface area (Å²) < 4.78 is 10.6. The first-order valence-electron chi connectivity index (χ1n) is 9.45. The Bertz CT molecular complexity index is 856. The van der Waals surface area contributed by atoms with Crippen molar-refractivity contribution in [2.75, 3.05) is 44.8 Å². The van der Waals surface area contributed by atoms with E-state index in [1.54, 1.807) is 6.92 Å². The van der Waals surface area contributed by atoms with Gasteiger partial charge in [-0.2, -0.15) is 0 Å². The number of amides is 1. The van der Waals surface area contributed by atoms with Gasteiger partial charge >= 0.3 is 5.97 Å². The van der Waals surface area contributed by atoms with Gasteiger partial charge in [-0.05, 0) is 37.5 Å². The second-order valence-corrected chi connectivity index (χ2v) is 7.69. The minimum atomic E-state index is -0.418. The minimum Gasteiger partial charge on any atom is -0.462 e. The van der Waals surface area contributed by atoms with E-state index in [9.17, 15) is 9.59 Å². The molecule has 0 saturated carbocycles. The lowest BCUT2D eigenvalue weighted by atomic mass is 9.99. The van der Waals surface area contributed by atoms with Gasteiger partial charge in [0.2, 0.25) is 5.91 Å². The molecule has 1 aromatic heterocycles. The molecule has 1 aliphatic heterocycles. The van der Waals surface area contributed by atoms with Gasteiger partial charge in [0.1, 0.15) is 10.6 Å². The Kier molecular flexibility index (Phi) is 6.83. The Morgan fingerprint density at radius 3 is 2.64 bits per heavy atom. The molecule has 0 unspecified atom stereocenters. The number of anilines is 1. The number of hydrogen-bond acceptors (Lipinski definition) is 6. The number of benzene rings is 1. The van der Waals surface area contributed by atoms with Crippen molar-refractivity contribution in [2.24, 2.45) is 0 Å². The minimum absolute atomic E-state index is 0.138. The van der Waals surface area contributed by atoms with Crippen molar-refractivity contribution in [2.45, 2.75) is 20.8 Å². The second-order valence-electron chi connectivity index (χ2n) is 6.81. The molecule has 0 radical (unpaired) electrons. The predicted molar refractivity (Wildman–Crippen MR) is 111 cm³/mol. The van der Waals surface area contributed by atoms with Crippen LogP contribution in [0.25, 0.3) is 11.1 Å². The molecule has 1 aromatic carbocycles. The maximum atomic E-state index is 12.7. The van der Waals surface area contributed by atoms with E-state index in [4.69, 9.17) is 9.47 Å². The topological polar surface area (TPSA) is 67.9 Å². The van der Waals surface area contributed by atoms with Gasteiger partial charge in [-0.25, -0.2) is 4.79 Å². The molecular formula is C21H26N2O4S. The lowest BCUT2D eigenvalue weighted by Crippen LogP contribution is -2.41. The van der Waals surface area contributed by atoms with E-state index in [1.165, 1.54) is 16.9 Å². The number of esters is 1. The lowest BCUT2D eigenvalue weighted by Gasteiger charge is -2.25. The van der Waals surface area contributed by atoms with Crippen LogP contribution in [0.15, 0.2) is 23.6 Å². The van der Waals surface area contributed by atoms with E-state index < -0.39 is 5.97 Å². The molecule has 6 nitrogen and oxygen atoms in total. The fourth-order valence-electron chi connectivity index (χ4n) is 3.11. The van der Waals surface area contributed by atoms with E-state index in [0.717, 1.165) is 29.8 Å². The van der Waals surface area contributed by atoms with Crippen molar-refractivity contribution in [3.05, 3.63) is 40.3 Å². The van der Waals surface area contributed by atoms with Crippen LogP contribution < -0.4 is 5.32 Å². The number of nitrogens with zero attached hydrogens (tertiary/aromatic N) is 1. The largest absolute Gasteiger partial charge is 0.462 e. The summed E-state index contributed by atoms with van der Waals surface area (Å²) in [5.74, 6) is -0.556. The fraction of sp³-hybridized carbons (Fsp3) is 0.429. The SMILES string of the molecule is CCOC(=O)c1c(-c2ccc(C)c(C)c2)csc1NC(=O)CN1CCOCC1. The van der Waals surface area contributed by atoms with Gasteiger partial charge in [0.15, 0.2) is 0 Å². The Morgan fingerprint density at radius 2 is 1.96 bits per heavy atom. The van der Waals surface area contributed by atoms with Gasteiger partial charge < -0.3 is 14.8 Å². The van der Waals surface area contributed by atoms with E-state index in [-0.39, 0.29) is 19.1 Å². The number of ether oxygens (including phenoxy) is 2. The molecule has 28 heavy (non-hydrogen) atoms. The Morgan fingerprint density at radius 1 is 1.21 bits per heavy atom. The third-order valence-electron chi connectivity index (χ3n) is 4.81. The summed E-state index contributed by atoms with van der Waals surface area (Å²) in [4.78, 5) is 27.2. The summed E-state index contributed by atoms with van der Waals surface area (Å²) in [5, 5.41) is 5.35. The van der Waals surface area contributed by atoms with Gasteiger partial charge in [-0.15, -0.1) is 11.3 Å². The number of carbonyl (C=O) groups is 2. The monoisotopic (exact) mass is 402 g/mol. The van der Waals surface area contributed by atoms with Crippen LogP contribution in [0.1, 0.15) is 28.4 Å². The molecule has 2 heterocycles. The third-order valence-corrected chi connectivity index (χ3v) is 5.71. The molecule has 0 aliphatic carbocycles. The average Bonchev–Trinajstić information content (AvgIpc) is 3.08. The molecular weight excluding hydrogens is 376 g/mol. The fourth-order valence-corrected chi connectivity index (χ4v) is 4.08. The highest BCUT2D eigenvalue weighted by molar-refractivity contribution is 7.15. The van der Waals surface area contributed by atoms with Gasteiger partial charge in [0.05, 0.1) is 26.4 Å². The van der Waals surface area contributed by atoms with Gasteiger partial charge in [-0.1, -0.05) is 18.2 Å². The summed E-state index contributed by atoms with van der Waals surface area (Å²) in [6.07, 6.45) is 0. The first-order chi connectivity index (χ1) is 13.5. The highest BCUT2D eigenvalue weighted by Gasteiger charge is 2.24. The van der Waals surface area contributed by atoms with Crippen LogP contribution in [0.2, 0.25) is 0 Å². The van der Waals surface area contributed by atoms with Crippen molar-refractivity contribution < 1.29 is 19.1 Å². The molecule has 2 aromatic rings. The van der Waals surface area contributed by atoms with Crippen LogP contribution in [-0.4, -0.2) is 56.2 Å². The van der Waals surface area contributed by atoms with Crippen LogP contribution in [0, 0.1) is 13.8 Å². The number of hydrogen-bond donors (Lipinski definition) is 1. The number of rotatable bonds is 6. The third kappa shape index (κ3) is 4.79. The molecule has 1 aliphatic rings. The van der Waals surface area contributed by atoms with E-state index in [0.29, 0.717) is 23.8 Å². The molecule has 1 saturated heterocycles. The molecule has 0 spiro atoms. The number of thiophene rings is 1. The molecule has 150 valence electrons. The Hall–Kier alpha value is -2.22. The van der Waals surface area contributed by atoms with E-state index in [1.807, 2.05) is 29.3 Å². The number of aryl methyl sites for hydroxylation is 2. The zero-order chi connectivity index (χ0) is 20.1. The maximum absolute atomic E-state index is 12.7. The zero-order valence-corrected chi connectivity index (χ0v) is 17.4. The number of carbonyl (C=O) groups excluding carboxylic acids is 2. The molecule has 0 bridgehead atoms. The second kappa shape index (κ2) is 9.32. The number of morpholine rings is 1. The normalized spacial score (nSPS) is 14.7. The van der Waals surface area contributed by atoms with Crippen molar-refractivity contribution in [3.8, 4) is 11.1 Å². The first-order valence-corrected chi connectivity index (χ1v) is 10.3. The van der Waals surface area contributed by atoms with Crippen LogP contribution >= 0.6 is 11.3 Å². The quantitative estimate of drug-likeness (QED) is 0.750. The molecule has 7 heteroatoms. The predicted octanol–water partition coefficient (Wildman–Crippen LogP) is 3.48. The Balaban J connectivity index is 1.86. The lowest BCUT2D eigenvalue weighted by molar-refractivity contribution is -0.118. The summed E-state index contributed by atoms with van der Waals surface area (Å²) in [6, 6.07) is 6.08. The average molecular weight is 403 g/mol. The summed E-state index contributed by atoms with van der Waals surface area (Å²) in [7, 11) is 0. The molecule has 1 fully saturated rings. The standard InChI is InChI=1S/C21H26N2O4S/c1-4-27-21(25)19-17(16-6-5-14(2)15(3)11-16)13-28-20(19)22-18(24)12-23-7-9-26-10-8-23/h5-6,11,13H,4,7-10,12H2,1-3H3,(H,22,24). The van der Waals surface area contributed by atoms with Gasteiger partial charge in [0, 0.05) is 24.0 Å². The van der Waals surface area contributed by atoms with E-state index in [2.05, 4.69) is 18.3 Å². The zero-order valence-electron chi connectivity index (χ0n) is 16.5.